The first-order chi connectivity index (χ1) is 12.4. The van der Waals surface area contributed by atoms with Crippen molar-refractivity contribution in [2.24, 2.45) is 7.05 Å². The van der Waals surface area contributed by atoms with E-state index in [-0.39, 0.29) is 5.39 Å². The minimum absolute atomic E-state index is 0.0771. The second kappa shape index (κ2) is 6.13. The van der Waals surface area contributed by atoms with E-state index in [1.807, 2.05) is 41.2 Å². The van der Waals surface area contributed by atoms with Crippen LogP contribution in [-0.2, 0) is 13.2 Å². The SMILES string of the molecule is CSc1nnc(-c2cc3c(C(F)(F)F)nn(C)c3s2)n1-c1ccccc1. The van der Waals surface area contributed by atoms with Crippen molar-refractivity contribution in [1.82, 2.24) is 24.5 Å². The van der Waals surface area contributed by atoms with Crippen LogP contribution >= 0.6 is 23.1 Å². The van der Waals surface area contributed by atoms with Crippen molar-refractivity contribution in [1.29, 1.82) is 0 Å². The van der Waals surface area contributed by atoms with Gasteiger partial charge in [0.05, 0.1) is 4.88 Å². The quantitative estimate of drug-likeness (QED) is 0.475. The molecule has 0 aliphatic rings. The average molecular weight is 395 g/mol. The van der Waals surface area contributed by atoms with Crippen molar-refractivity contribution in [3.05, 3.63) is 42.1 Å². The van der Waals surface area contributed by atoms with E-state index in [4.69, 9.17) is 0 Å². The molecule has 0 aliphatic carbocycles. The summed E-state index contributed by atoms with van der Waals surface area (Å²) in [7, 11) is 1.51. The van der Waals surface area contributed by atoms with Gasteiger partial charge in [0.25, 0.3) is 0 Å². The molecule has 0 saturated heterocycles. The summed E-state index contributed by atoms with van der Waals surface area (Å²) in [6, 6.07) is 11.0. The Morgan fingerprint density at radius 2 is 1.85 bits per heavy atom. The molecule has 0 atom stereocenters. The van der Waals surface area contributed by atoms with E-state index in [0.29, 0.717) is 20.7 Å². The molecule has 0 amide bonds. The van der Waals surface area contributed by atoms with Gasteiger partial charge in [0, 0.05) is 18.1 Å². The number of halogens is 3. The van der Waals surface area contributed by atoms with E-state index in [2.05, 4.69) is 15.3 Å². The molecular formula is C16H12F3N5S2. The fourth-order valence-corrected chi connectivity index (χ4v) is 4.28. The summed E-state index contributed by atoms with van der Waals surface area (Å²) in [6.45, 7) is 0. The van der Waals surface area contributed by atoms with E-state index in [1.165, 1.54) is 40.9 Å². The van der Waals surface area contributed by atoms with Crippen molar-refractivity contribution < 1.29 is 13.2 Å². The zero-order valence-corrected chi connectivity index (χ0v) is 15.3. The van der Waals surface area contributed by atoms with Crippen LogP contribution in [0.1, 0.15) is 5.69 Å². The Labute approximate surface area is 154 Å². The number of thiophene rings is 1. The van der Waals surface area contributed by atoms with Crippen LogP contribution in [0, 0.1) is 0 Å². The maximum atomic E-state index is 13.2. The number of para-hydroxylation sites is 1. The van der Waals surface area contributed by atoms with Crippen LogP contribution in [0.25, 0.3) is 26.6 Å². The number of aromatic nitrogens is 5. The van der Waals surface area contributed by atoms with Gasteiger partial charge < -0.3 is 0 Å². The molecule has 0 bridgehead atoms. The highest BCUT2D eigenvalue weighted by molar-refractivity contribution is 7.98. The first kappa shape index (κ1) is 17.1. The fraction of sp³-hybridized carbons (Fsp3) is 0.188. The number of benzene rings is 1. The number of fused-ring (bicyclic) bond motifs is 1. The summed E-state index contributed by atoms with van der Waals surface area (Å²) >= 11 is 2.64. The molecular weight excluding hydrogens is 383 g/mol. The fourth-order valence-electron chi connectivity index (χ4n) is 2.73. The van der Waals surface area contributed by atoms with Gasteiger partial charge in [-0.25, -0.2) is 0 Å². The molecule has 0 saturated carbocycles. The Balaban J connectivity index is 1.93. The number of hydrogen-bond donors (Lipinski definition) is 0. The maximum Gasteiger partial charge on any atom is 0.435 e. The van der Waals surface area contributed by atoms with Crippen molar-refractivity contribution in [2.75, 3.05) is 6.26 Å². The van der Waals surface area contributed by atoms with Gasteiger partial charge in [0.2, 0.25) is 0 Å². The second-order valence-electron chi connectivity index (χ2n) is 5.48. The Hall–Kier alpha value is -2.33. The van der Waals surface area contributed by atoms with Gasteiger partial charge in [0.1, 0.15) is 4.83 Å². The zero-order chi connectivity index (χ0) is 18.5. The predicted molar refractivity (Wildman–Crippen MR) is 95.7 cm³/mol. The first-order valence-electron chi connectivity index (χ1n) is 7.49. The smallest absolute Gasteiger partial charge is 0.269 e. The Kier molecular flexibility index (Phi) is 4.03. The first-order valence-corrected chi connectivity index (χ1v) is 9.53. The van der Waals surface area contributed by atoms with Gasteiger partial charge >= 0.3 is 6.18 Å². The zero-order valence-electron chi connectivity index (χ0n) is 13.7. The second-order valence-corrected chi connectivity index (χ2v) is 7.28. The summed E-state index contributed by atoms with van der Waals surface area (Å²) in [4.78, 5) is 1.05. The Morgan fingerprint density at radius 1 is 1.12 bits per heavy atom. The minimum atomic E-state index is -4.50. The highest BCUT2D eigenvalue weighted by Crippen LogP contribution is 2.41. The minimum Gasteiger partial charge on any atom is -0.269 e. The third-order valence-electron chi connectivity index (χ3n) is 3.83. The standard InChI is InChI=1S/C16H12F3N5S2/c1-23-14-10(12(22-23)16(17,18)19)8-11(26-14)13-20-21-15(25-2)24(13)9-6-4-3-5-7-9/h3-8H,1-2H3. The lowest BCUT2D eigenvalue weighted by Gasteiger charge is -2.08. The molecule has 0 N–H and O–H groups in total. The molecule has 26 heavy (non-hydrogen) atoms. The third kappa shape index (κ3) is 2.69. The van der Waals surface area contributed by atoms with Gasteiger partial charge in [0.15, 0.2) is 16.7 Å². The summed E-state index contributed by atoms with van der Waals surface area (Å²) < 4.78 is 42.8. The van der Waals surface area contributed by atoms with Gasteiger partial charge in [-0.1, -0.05) is 30.0 Å². The monoisotopic (exact) mass is 395 g/mol. The predicted octanol–water partition coefficient (Wildman–Crippen LogP) is 4.62. The molecule has 134 valence electrons. The number of thioether (sulfide) groups is 1. The van der Waals surface area contributed by atoms with Crippen LogP contribution < -0.4 is 0 Å². The van der Waals surface area contributed by atoms with E-state index < -0.39 is 11.9 Å². The van der Waals surface area contributed by atoms with Crippen molar-refractivity contribution in [2.45, 2.75) is 11.3 Å². The van der Waals surface area contributed by atoms with Gasteiger partial charge in [-0.2, -0.15) is 18.3 Å². The lowest BCUT2D eigenvalue weighted by atomic mass is 10.2. The van der Waals surface area contributed by atoms with E-state index in [0.717, 1.165) is 5.69 Å². The van der Waals surface area contributed by atoms with Crippen molar-refractivity contribution in [3.63, 3.8) is 0 Å². The van der Waals surface area contributed by atoms with Crippen LogP contribution in [-0.4, -0.2) is 30.8 Å². The lowest BCUT2D eigenvalue weighted by Crippen LogP contribution is -2.07. The normalized spacial score (nSPS) is 12.2. The number of nitrogens with zero attached hydrogens (tertiary/aromatic N) is 5. The number of alkyl halides is 3. The summed E-state index contributed by atoms with van der Waals surface area (Å²) in [5.74, 6) is 0.509. The van der Waals surface area contributed by atoms with Crippen LogP contribution in [0.4, 0.5) is 13.2 Å². The Morgan fingerprint density at radius 3 is 2.50 bits per heavy atom. The number of hydrogen-bond acceptors (Lipinski definition) is 5. The Bertz CT molecular complexity index is 1080. The highest BCUT2D eigenvalue weighted by Gasteiger charge is 2.37. The summed E-state index contributed by atoms with van der Waals surface area (Å²) in [5.41, 5.74) is -0.0307. The number of aryl methyl sites for hydroxylation is 1. The van der Waals surface area contributed by atoms with E-state index in [9.17, 15) is 13.2 Å². The van der Waals surface area contributed by atoms with Crippen LogP contribution in [0.5, 0.6) is 0 Å². The topological polar surface area (TPSA) is 48.5 Å². The molecule has 0 radical (unpaired) electrons. The van der Waals surface area contributed by atoms with Crippen LogP contribution in [0.3, 0.4) is 0 Å². The van der Waals surface area contributed by atoms with Crippen LogP contribution in [0.15, 0.2) is 41.6 Å². The summed E-state index contributed by atoms with van der Waals surface area (Å²) in [6.07, 6.45) is -2.63. The molecule has 0 spiro atoms. The highest BCUT2D eigenvalue weighted by atomic mass is 32.2. The van der Waals surface area contributed by atoms with Crippen molar-refractivity contribution >= 4 is 33.3 Å². The largest absolute Gasteiger partial charge is 0.435 e. The molecule has 0 unspecified atom stereocenters. The molecule has 5 nitrogen and oxygen atoms in total. The third-order valence-corrected chi connectivity index (χ3v) is 5.66. The molecule has 3 aromatic heterocycles. The van der Waals surface area contributed by atoms with Gasteiger partial charge in [-0.05, 0) is 24.5 Å². The molecule has 0 aliphatic heterocycles. The molecule has 10 heteroatoms. The molecule has 3 heterocycles. The molecule has 1 aromatic carbocycles. The molecule has 4 aromatic rings. The van der Waals surface area contributed by atoms with Crippen LogP contribution in [0.2, 0.25) is 0 Å². The van der Waals surface area contributed by atoms with Gasteiger partial charge in [-0.3, -0.25) is 9.25 Å². The maximum absolute atomic E-state index is 13.2. The lowest BCUT2D eigenvalue weighted by molar-refractivity contribution is -0.140. The van der Waals surface area contributed by atoms with Crippen molar-refractivity contribution in [3.8, 4) is 16.4 Å². The number of rotatable bonds is 3. The molecule has 0 fully saturated rings. The molecule has 4 rings (SSSR count). The average Bonchev–Trinajstić information content (AvgIpc) is 3.28. The van der Waals surface area contributed by atoms with Gasteiger partial charge in [-0.15, -0.1) is 21.5 Å². The van der Waals surface area contributed by atoms with E-state index in [1.54, 1.807) is 0 Å². The van der Waals surface area contributed by atoms with E-state index >= 15 is 0 Å². The summed E-state index contributed by atoms with van der Waals surface area (Å²) in [5, 5.41) is 12.7.